The van der Waals surface area contributed by atoms with Crippen LogP contribution in [-0.4, -0.2) is 29.5 Å². The molecule has 0 bridgehead atoms. The first-order valence-corrected chi connectivity index (χ1v) is 8.54. The second-order valence-electron chi connectivity index (χ2n) is 5.32. The van der Waals surface area contributed by atoms with E-state index >= 15 is 0 Å². The third kappa shape index (κ3) is 4.47. The Morgan fingerprint density at radius 2 is 2.12 bits per heavy atom. The summed E-state index contributed by atoms with van der Waals surface area (Å²) < 4.78 is 0. The fourth-order valence-corrected chi connectivity index (χ4v) is 3.25. The van der Waals surface area contributed by atoms with E-state index in [2.05, 4.69) is 50.0 Å². The highest BCUT2D eigenvalue weighted by Gasteiger charge is 2.05. The minimum Gasteiger partial charge on any atom is -0.361 e. The van der Waals surface area contributed by atoms with Gasteiger partial charge in [0.25, 0.3) is 0 Å². The van der Waals surface area contributed by atoms with Crippen molar-refractivity contribution in [2.24, 2.45) is 4.99 Å². The van der Waals surface area contributed by atoms with Crippen LogP contribution < -0.4 is 10.6 Å². The van der Waals surface area contributed by atoms with E-state index in [1.54, 1.807) is 18.4 Å². The van der Waals surface area contributed by atoms with E-state index in [9.17, 15) is 0 Å². The number of aromatic amines is 1. The lowest BCUT2D eigenvalue weighted by atomic mass is 10.1. The Labute approximate surface area is 163 Å². The van der Waals surface area contributed by atoms with Gasteiger partial charge in [0.2, 0.25) is 0 Å². The van der Waals surface area contributed by atoms with E-state index < -0.39 is 0 Å². The van der Waals surface area contributed by atoms with Gasteiger partial charge in [0, 0.05) is 35.6 Å². The summed E-state index contributed by atoms with van der Waals surface area (Å²) in [5.41, 5.74) is 5.46. The van der Waals surface area contributed by atoms with Gasteiger partial charge in [-0.1, -0.05) is 18.2 Å². The molecule has 2 heterocycles. The smallest absolute Gasteiger partial charge is 0.191 e. The van der Waals surface area contributed by atoms with Gasteiger partial charge in [-0.3, -0.25) is 4.99 Å². The predicted octanol–water partition coefficient (Wildman–Crippen LogP) is 3.46. The number of thiazole rings is 1. The van der Waals surface area contributed by atoms with E-state index in [1.165, 1.54) is 21.3 Å². The summed E-state index contributed by atoms with van der Waals surface area (Å²) in [7, 11) is 1.79. The number of guanidine groups is 1. The highest BCUT2D eigenvalue weighted by Crippen LogP contribution is 2.17. The summed E-state index contributed by atoms with van der Waals surface area (Å²) in [5, 5.41) is 7.98. The van der Waals surface area contributed by atoms with Crippen LogP contribution in [0.25, 0.3) is 10.9 Å². The molecule has 5 nitrogen and oxygen atoms in total. The van der Waals surface area contributed by atoms with Crippen LogP contribution in [0.2, 0.25) is 0 Å². The Morgan fingerprint density at radius 1 is 1.29 bits per heavy atom. The minimum atomic E-state index is 0. The molecule has 0 spiro atoms. The van der Waals surface area contributed by atoms with Crippen molar-refractivity contribution < 1.29 is 0 Å². The molecule has 7 heteroatoms. The number of nitrogens with one attached hydrogen (secondary N) is 3. The molecule has 1 aromatic carbocycles. The normalized spacial score (nSPS) is 11.3. The van der Waals surface area contributed by atoms with Gasteiger partial charge in [0.15, 0.2) is 5.96 Å². The third-order valence-electron chi connectivity index (χ3n) is 3.85. The van der Waals surface area contributed by atoms with Crippen LogP contribution in [0, 0.1) is 6.92 Å². The number of aliphatic imine (C=N–C) groups is 1. The van der Waals surface area contributed by atoms with Gasteiger partial charge in [-0.2, -0.15) is 0 Å². The van der Waals surface area contributed by atoms with Crippen LogP contribution in [0.4, 0.5) is 0 Å². The molecule has 0 amide bonds. The zero-order valence-electron chi connectivity index (χ0n) is 13.8. The number of benzene rings is 1. The van der Waals surface area contributed by atoms with Gasteiger partial charge >= 0.3 is 0 Å². The second kappa shape index (κ2) is 9.03. The Bertz CT molecular complexity index is 808. The molecule has 0 atom stereocenters. The van der Waals surface area contributed by atoms with Crippen LogP contribution in [0.5, 0.6) is 0 Å². The van der Waals surface area contributed by atoms with Crippen LogP contribution in [0.3, 0.4) is 0 Å². The molecule has 0 unspecified atom stereocenters. The van der Waals surface area contributed by atoms with Crippen molar-refractivity contribution in [1.82, 2.24) is 20.6 Å². The molecule has 0 aliphatic rings. The molecule has 2 aromatic heterocycles. The molecule has 3 aromatic rings. The Kier molecular flexibility index (Phi) is 7.04. The van der Waals surface area contributed by atoms with Crippen molar-refractivity contribution in [2.75, 3.05) is 13.6 Å². The lowest BCUT2D eigenvalue weighted by molar-refractivity contribution is 0.798. The lowest BCUT2D eigenvalue weighted by Crippen LogP contribution is -2.37. The number of para-hydroxylation sites is 1. The maximum atomic E-state index is 4.27. The molecule has 0 fully saturated rings. The van der Waals surface area contributed by atoms with Gasteiger partial charge in [0.05, 0.1) is 17.7 Å². The van der Waals surface area contributed by atoms with Crippen LogP contribution in [-0.2, 0) is 13.0 Å². The van der Waals surface area contributed by atoms with Crippen molar-refractivity contribution in [3.05, 3.63) is 52.1 Å². The molecule has 24 heavy (non-hydrogen) atoms. The number of halogens is 1. The van der Waals surface area contributed by atoms with Gasteiger partial charge in [-0.25, -0.2) is 4.98 Å². The Morgan fingerprint density at radius 3 is 2.88 bits per heavy atom. The number of rotatable bonds is 5. The molecule has 0 saturated carbocycles. The first-order chi connectivity index (χ1) is 11.3. The number of aromatic nitrogens is 2. The zero-order chi connectivity index (χ0) is 16.1. The number of aryl methyl sites for hydroxylation is 1. The highest BCUT2D eigenvalue weighted by atomic mass is 127. The van der Waals surface area contributed by atoms with E-state index in [0.717, 1.165) is 31.2 Å². The number of hydrogen-bond donors (Lipinski definition) is 3. The third-order valence-corrected chi connectivity index (χ3v) is 4.78. The van der Waals surface area contributed by atoms with Gasteiger partial charge in [0.1, 0.15) is 0 Å². The van der Waals surface area contributed by atoms with Crippen molar-refractivity contribution >= 4 is 52.2 Å². The molecule has 0 aliphatic carbocycles. The summed E-state index contributed by atoms with van der Waals surface area (Å²) in [6.45, 7) is 3.62. The number of H-pyrrole nitrogens is 1. The fraction of sp³-hybridized carbons (Fsp3) is 0.294. The van der Waals surface area contributed by atoms with E-state index in [1.807, 2.05) is 18.5 Å². The van der Waals surface area contributed by atoms with Crippen LogP contribution >= 0.6 is 35.3 Å². The first-order valence-electron chi connectivity index (χ1n) is 7.66. The maximum Gasteiger partial charge on any atom is 0.191 e. The van der Waals surface area contributed by atoms with Gasteiger partial charge in [-0.15, -0.1) is 35.3 Å². The first kappa shape index (κ1) is 18.7. The van der Waals surface area contributed by atoms with Crippen molar-refractivity contribution in [3.8, 4) is 0 Å². The van der Waals surface area contributed by atoms with Crippen LogP contribution in [0.15, 0.2) is 41.0 Å². The Balaban J connectivity index is 0.00000208. The average molecular weight is 455 g/mol. The van der Waals surface area contributed by atoms with Crippen molar-refractivity contribution in [2.45, 2.75) is 19.9 Å². The topological polar surface area (TPSA) is 65.1 Å². The van der Waals surface area contributed by atoms with E-state index in [0.29, 0.717) is 0 Å². The zero-order valence-corrected chi connectivity index (χ0v) is 16.9. The molecule has 0 saturated heterocycles. The fourth-order valence-electron chi connectivity index (χ4n) is 2.53. The summed E-state index contributed by atoms with van der Waals surface area (Å²) in [6.07, 6.45) is 3.04. The molecule has 3 rings (SSSR count). The molecule has 0 radical (unpaired) electrons. The molecular weight excluding hydrogens is 433 g/mol. The summed E-state index contributed by atoms with van der Waals surface area (Å²) in [5.74, 6) is 0.817. The van der Waals surface area contributed by atoms with Crippen LogP contribution in [0.1, 0.15) is 16.1 Å². The number of fused-ring (bicyclic) bond motifs is 1. The second-order valence-corrected chi connectivity index (χ2v) is 6.26. The summed E-state index contributed by atoms with van der Waals surface area (Å²) in [4.78, 5) is 13.1. The summed E-state index contributed by atoms with van der Waals surface area (Å²) >= 11 is 1.66. The van der Waals surface area contributed by atoms with Gasteiger partial charge in [-0.05, 0) is 25.0 Å². The number of nitrogens with zero attached hydrogens (tertiary/aromatic N) is 2. The maximum absolute atomic E-state index is 4.27. The molecular formula is C17H22IN5S. The molecule has 128 valence electrons. The molecule has 3 N–H and O–H groups in total. The highest BCUT2D eigenvalue weighted by molar-refractivity contribution is 14.0. The summed E-state index contributed by atoms with van der Waals surface area (Å²) in [6, 6.07) is 8.38. The quantitative estimate of drug-likeness (QED) is 0.314. The predicted molar refractivity (Wildman–Crippen MR) is 112 cm³/mol. The average Bonchev–Trinajstić information content (AvgIpc) is 3.17. The lowest BCUT2D eigenvalue weighted by Gasteiger charge is -2.11. The standard InChI is InChI=1S/C17H21N5S.HI/c1-12-16(23-11-22-12)10-21-17(18-2)19-8-7-13-9-20-15-6-4-3-5-14(13)15;/h3-6,9,11,20H,7-8,10H2,1-2H3,(H2,18,19,21);1H. The van der Waals surface area contributed by atoms with Crippen molar-refractivity contribution in [1.29, 1.82) is 0 Å². The SMILES string of the molecule is CN=C(NCCc1c[nH]c2ccccc12)NCc1scnc1C.I. The van der Waals surface area contributed by atoms with Crippen molar-refractivity contribution in [3.63, 3.8) is 0 Å². The van der Waals surface area contributed by atoms with E-state index in [4.69, 9.17) is 0 Å². The molecule has 0 aliphatic heterocycles. The number of hydrogen-bond acceptors (Lipinski definition) is 3. The monoisotopic (exact) mass is 455 g/mol. The minimum absolute atomic E-state index is 0. The van der Waals surface area contributed by atoms with Gasteiger partial charge < -0.3 is 15.6 Å². The largest absolute Gasteiger partial charge is 0.361 e. The van der Waals surface area contributed by atoms with E-state index in [-0.39, 0.29) is 24.0 Å². The Hall–Kier alpha value is -1.61.